The van der Waals surface area contributed by atoms with Gasteiger partial charge in [-0.1, -0.05) is 24.3 Å². The Morgan fingerprint density at radius 3 is 2.58 bits per heavy atom. The summed E-state index contributed by atoms with van der Waals surface area (Å²) in [5, 5.41) is 11.2. The number of hydrogen-bond donors (Lipinski definition) is 2. The molecule has 0 aliphatic carbocycles. The number of nitrogens with one attached hydrogen (secondary N) is 2. The van der Waals surface area contributed by atoms with E-state index in [4.69, 9.17) is 9.73 Å². The van der Waals surface area contributed by atoms with E-state index >= 15 is 0 Å². The Hall–Kier alpha value is -1.61. The van der Waals surface area contributed by atoms with Crippen molar-refractivity contribution in [3.8, 4) is 0 Å². The summed E-state index contributed by atoms with van der Waals surface area (Å²) in [5.74, 6) is 0.808. The Morgan fingerprint density at radius 1 is 1.23 bits per heavy atom. The summed E-state index contributed by atoms with van der Waals surface area (Å²) in [6, 6.07) is 8.32. The highest BCUT2D eigenvalue weighted by Crippen LogP contribution is 2.11. The molecule has 0 atom stereocenters. The molecule has 0 aliphatic rings. The van der Waals surface area contributed by atoms with Crippen LogP contribution < -0.4 is 10.6 Å². The number of ether oxygens (including phenoxy) is 1. The molecule has 144 valence electrons. The topological polar surface area (TPSA) is 63.5 Å². The lowest BCUT2D eigenvalue weighted by molar-refractivity contribution is 0.185. The zero-order valence-corrected chi connectivity index (χ0v) is 18.6. The van der Waals surface area contributed by atoms with Gasteiger partial charge in [0, 0.05) is 38.5 Å². The summed E-state index contributed by atoms with van der Waals surface area (Å²) < 4.78 is 7.10. The number of nitrogens with zero attached hydrogens (tertiary/aromatic N) is 3. The van der Waals surface area contributed by atoms with Crippen LogP contribution in [0.4, 0.5) is 0 Å². The van der Waals surface area contributed by atoms with Crippen molar-refractivity contribution in [3.63, 3.8) is 0 Å². The van der Waals surface area contributed by atoms with Gasteiger partial charge in [-0.2, -0.15) is 5.10 Å². The highest BCUT2D eigenvalue weighted by atomic mass is 127. The van der Waals surface area contributed by atoms with Crippen LogP contribution in [0.1, 0.15) is 35.0 Å². The van der Waals surface area contributed by atoms with Crippen molar-refractivity contribution in [1.82, 2.24) is 20.4 Å². The lowest BCUT2D eigenvalue weighted by Crippen LogP contribution is -2.37. The van der Waals surface area contributed by atoms with Crippen LogP contribution in [0, 0.1) is 13.8 Å². The second-order valence-corrected chi connectivity index (χ2v) is 6.07. The summed E-state index contributed by atoms with van der Waals surface area (Å²) >= 11 is 0. The SMILES string of the molecule is CCNC(=NCc1cccc(COC)c1)NCc1c(C)nn(C)c1C.I. The number of aromatic nitrogens is 2. The fourth-order valence-corrected chi connectivity index (χ4v) is 2.74. The first-order chi connectivity index (χ1) is 12.0. The van der Waals surface area contributed by atoms with Crippen LogP contribution in [-0.2, 0) is 31.5 Å². The molecule has 2 N–H and O–H groups in total. The van der Waals surface area contributed by atoms with Crippen LogP contribution in [0.25, 0.3) is 0 Å². The number of benzene rings is 1. The number of guanidine groups is 1. The molecule has 7 heteroatoms. The van der Waals surface area contributed by atoms with E-state index in [9.17, 15) is 0 Å². The molecule has 2 aromatic rings. The van der Waals surface area contributed by atoms with Gasteiger partial charge in [-0.3, -0.25) is 4.68 Å². The molecule has 1 heterocycles. The van der Waals surface area contributed by atoms with Gasteiger partial charge < -0.3 is 15.4 Å². The molecule has 0 radical (unpaired) electrons. The quantitative estimate of drug-likeness (QED) is 0.370. The number of aliphatic imine (C=N–C) groups is 1. The molecule has 0 saturated heterocycles. The number of methoxy groups -OCH3 is 1. The van der Waals surface area contributed by atoms with Crippen molar-refractivity contribution >= 4 is 29.9 Å². The van der Waals surface area contributed by atoms with Gasteiger partial charge in [-0.15, -0.1) is 24.0 Å². The molecular formula is C19H30IN5O. The Bertz CT molecular complexity index is 727. The van der Waals surface area contributed by atoms with Gasteiger partial charge in [-0.05, 0) is 31.9 Å². The Labute approximate surface area is 173 Å². The van der Waals surface area contributed by atoms with E-state index in [2.05, 4.69) is 47.8 Å². The average molecular weight is 471 g/mol. The van der Waals surface area contributed by atoms with Gasteiger partial charge in [0.25, 0.3) is 0 Å². The molecule has 0 unspecified atom stereocenters. The van der Waals surface area contributed by atoms with Crippen LogP contribution in [-0.4, -0.2) is 29.4 Å². The summed E-state index contributed by atoms with van der Waals surface area (Å²) in [4.78, 5) is 4.69. The molecule has 2 rings (SSSR count). The predicted molar refractivity (Wildman–Crippen MR) is 117 cm³/mol. The van der Waals surface area contributed by atoms with Gasteiger partial charge >= 0.3 is 0 Å². The van der Waals surface area contributed by atoms with Gasteiger partial charge in [0.1, 0.15) is 0 Å². The second kappa shape index (κ2) is 11.2. The summed E-state index contributed by atoms with van der Waals surface area (Å²) in [5.41, 5.74) is 5.77. The van der Waals surface area contributed by atoms with Crippen molar-refractivity contribution in [2.24, 2.45) is 12.0 Å². The van der Waals surface area contributed by atoms with Crippen molar-refractivity contribution in [2.75, 3.05) is 13.7 Å². The lowest BCUT2D eigenvalue weighted by atomic mass is 10.1. The van der Waals surface area contributed by atoms with Crippen molar-refractivity contribution < 1.29 is 4.74 Å². The maximum absolute atomic E-state index is 5.19. The van der Waals surface area contributed by atoms with Crippen LogP contribution in [0.3, 0.4) is 0 Å². The largest absolute Gasteiger partial charge is 0.380 e. The number of aryl methyl sites for hydroxylation is 2. The lowest BCUT2D eigenvalue weighted by Gasteiger charge is -2.12. The Morgan fingerprint density at radius 2 is 1.96 bits per heavy atom. The fraction of sp³-hybridized carbons (Fsp3) is 0.474. The van der Waals surface area contributed by atoms with E-state index < -0.39 is 0 Å². The van der Waals surface area contributed by atoms with Gasteiger partial charge in [0.15, 0.2) is 5.96 Å². The maximum Gasteiger partial charge on any atom is 0.191 e. The smallest absolute Gasteiger partial charge is 0.191 e. The van der Waals surface area contributed by atoms with E-state index in [-0.39, 0.29) is 24.0 Å². The molecule has 0 amide bonds. The monoisotopic (exact) mass is 471 g/mol. The minimum Gasteiger partial charge on any atom is -0.380 e. The van der Waals surface area contributed by atoms with E-state index in [0.29, 0.717) is 19.7 Å². The summed E-state index contributed by atoms with van der Waals surface area (Å²) in [7, 11) is 3.68. The van der Waals surface area contributed by atoms with Crippen LogP contribution >= 0.6 is 24.0 Å². The number of halogens is 1. The van der Waals surface area contributed by atoms with E-state index in [1.165, 1.54) is 16.8 Å². The van der Waals surface area contributed by atoms with Gasteiger partial charge in [0.05, 0.1) is 18.8 Å². The third-order valence-electron chi connectivity index (χ3n) is 4.16. The summed E-state index contributed by atoms with van der Waals surface area (Å²) in [6.07, 6.45) is 0. The van der Waals surface area contributed by atoms with E-state index in [1.807, 2.05) is 24.7 Å². The molecule has 0 saturated carbocycles. The zero-order valence-electron chi connectivity index (χ0n) is 16.3. The molecule has 0 bridgehead atoms. The average Bonchev–Trinajstić information content (AvgIpc) is 2.83. The molecule has 0 aliphatic heterocycles. The van der Waals surface area contributed by atoms with Crippen LogP contribution in [0.15, 0.2) is 29.3 Å². The molecule has 1 aromatic heterocycles. The molecule has 1 aromatic carbocycles. The normalized spacial score (nSPS) is 11.2. The second-order valence-electron chi connectivity index (χ2n) is 6.07. The fourth-order valence-electron chi connectivity index (χ4n) is 2.74. The highest BCUT2D eigenvalue weighted by Gasteiger charge is 2.09. The Balaban J connectivity index is 0.00000338. The maximum atomic E-state index is 5.19. The van der Waals surface area contributed by atoms with Gasteiger partial charge in [0.2, 0.25) is 0 Å². The zero-order chi connectivity index (χ0) is 18.2. The predicted octanol–water partition coefficient (Wildman–Crippen LogP) is 3.06. The Kier molecular flexibility index (Phi) is 9.64. The standard InChI is InChI=1S/C19H29N5O.HI/c1-6-20-19(22-12-18-14(2)23-24(4)15(18)3)21-11-16-8-7-9-17(10-16)13-25-5;/h7-10H,6,11-13H2,1-5H3,(H2,20,21,22);1H. The first-order valence-corrected chi connectivity index (χ1v) is 8.63. The highest BCUT2D eigenvalue weighted by molar-refractivity contribution is 14.0. The number of rotatable bonds is 7. The first-order valence-electron chi connectivity index (χ1n) is 8.63. The van der Waals surface area contributed by atoms with Gasteiger partial charge in [-0.25, -0.2) is 4.99 Å². The van der Waals surface area contributed by atoms with Crippen molar-refractivity contribution in [1.29, 1.82) is 0 Å². The van der Waals surface area contributed by atoms with Crippen molar-refractivity contribution in [2.45, 2.75) is 40.5 Å². The third kappa shape index (κ3) is 6.28. The van der Waals surface area contributed by atoms with E-state index in [1.54, 1.807) is 7.11 Å². The minimum atomic E-state index is 0. The molecule has 0 fully saturated rings. The van der Waals surface area contributed by atoms with Crippen LogP contribution in [0.5, 0.6) is 0 Å². The molecule has 0 spiro atoms. The number of hydrogen-bond acceptors (Lipinski definition) is 3. The van der Waals surface area contributed by atoms with E-state index in [0.717, 1.165) is 23.8 Å². The third-order valence-corrected chi connectivity index (χ3v) is 4.16. The molecular weight excluding hydrogens is 441 g/mol. The van der Waals surface area contributed by atoms with Crippen molar-refractivity contribution in [3.05, 3.63) is 52.3 Å². The molecule has 26 heavy (non-hydrogen) atoms. The molecule has 6 nitrogen and oxygen atoms in total. The summed E-state index contributed by atoms with van der Waals surface area (Å²) in [6.45, 7) is 8.96. The van der Waals surface area contributed by atoms with Crippen LogP contribution in [0.2, 0.25) is 0 Å². The first kappa shape index (κ1) is 22.4. The minimum absolute atomic E-state index is 0.